The average molecular weight is 362 g/mol. The summed E-state index contributed by atoms with van der Waals surface area (Å²) >= 11 is 0. The monoisotopic (exact) mass is 362 g/mol. The summed E-state index contributed by atoms with van der Waals surface area (Å²) in [4.78, 5) is 11.3. The predicted molar refractivity (Wildman–Crippen MR) is 84.3 cm³/mol. The molecule has 2 atom stereocenters. The van der Waals surface area contributed by atoms with Crippen LogP contribution in [-0.2, 0) is 42.2 Å². The summed E-state index contributed by atoms with van der Waals surface area (Å²) in [6, 6.07) is 0. The maximum atomic E-state index is 11.3. The number of carbonyl (C=O) groups is 1. The fraction of sp³-hybridized carbons (Fsp3) is 0.667. The molecule has 4 radical (unpaired) electrons. The topological polar surface area (TPSA) is 50.4 Å². The van der Waals surface area contributed by atoms with Crippen LogP contribution < -0.4 is 10.6 Å². The Morgan fingerprint density at radius 2 is 2.16 bits per heavy atom. The molecule has 0 aromatic rings. The van der Waals surface area contributed by atoms with E-state index in [-0.39, 0.29) is 71.0 Å². The summed E-state index contributed by atoms with van der Waals surface area (Å²) in [5.41, 5.74) is 0. The molecule has 1 rings (SSSR count). The number of amides is 1. The molecular formula is C12H26BN2O2SY-2. The minimum Gasteiger partial charge on any atom is -0.374 e. The maximum absolute atomic E-state index is 11.3. The smallest absolute Gasteiger partial charge is 0.229 e. The second-order valence-corrected chi connectivity index (χ2v) is 5.28. The number of carbonyl (C=O) groups excluding carboxylic acids is 1. The van der Waals surface area contributed by atoms with Gasteiger partial charge >= 0.3 is 0 Å². The van der Waals surface area contributed by atoms with E-state index in [1.165, 1.54) is 0 Å². The third kappa shape index (κ3) is 16.7. The number of nitrogens with one attached hydrogen (secondary N) is 2. The average Bonchev–Trinajstić information content (AvgIpc) is 2.30. The minimum atomic E-state index is -0.0706. The van der Waals surface area contributed by atoms with Gasteiger partial charge in [-0.25, -0.2) is 0 Å². The molecule has 0 aromatic heterocycles. The van der Waals surface area contributed by atoms with Gasteiger partial charge in [-0.15, -0.1) is 0 Å². The van der Waals surface area contributed by atoms with Crippen LogP contribution in [0.4, 0.5) is 0 Å². The van der Waals surface area contributed by atoms with E-state index < -0.39 is 0 Å². The molecule has 0 saturated carbocycles. The van der Waals surface area contributed by atoms with Gasteiger partial charge in [-0.05, 0) is 6.26 Å². The van der Waals surface area contributed by atoms with Gasteiger partial charge in [0.15, 0.2) is 0 Å². The summed E-state index contributed by atoms with van der Waals surface area (Å²) in [6.07, 6.45) is 2.08. The Bertz CT molecular complexity index is 228. The first kappa shape index (κ1) is 28.0. The Morgan fingerprint density at radius 1 is 1.58 bits per heavy atom. The van der Waals surface area contributed by atoms with Crippen molar-refractivity contribution in [3.05, 3.63) is 14.4 Å². The molecule has 1 fully saturated rings. The minimum absolute atomic E-state index is 0. The van der Waals surface area contributed by atoms with E-state index in [2.05, 4.69) is 23.4 Å². The summed E-state index contributed by atoms with van der Waals surface area (Å²) in [5, 5.41) is 6.06. The number of rotatable bonds is 4. The molecule has 0 aromatic carbocycles. The third-order valence-corrected chi connectivity index (χ3v) is 2.66. The summed E-state index contributed by atoms with van der Waals surface area (Å²) in [6.45, 7) is 8.06. The zero-order chi connectivity index (χ0) is 12.4. The zero-order valence-corrected chi connectivity index (χ0v) is 16.1. The Hall–Kier alpha value is 0.779. The van der Waals surface area contributed by atoms with Crippen molar-refractivity contribution in [1.82, 2.24) is 10.6 Å². The number of morpholine rings is 1. The van der Waals surface area contributed by atoms with E-state index in [1.807, 2.05) is 6.26 Å². The molecular weight excluding hydrogens is 336 g/mol. The predicted octanol–water partition coefficient (Wildman–Crippen LogP) is 0.329. The SMILES string of the molecule is C=S(C)CC(=O)NCC1CNCCO1.[B].[CH2-]C.[CH3-].[Y]. The molecule has 1 heterocycles. The van der Waals surface area contributed by atoms with Crippen LogP contribution in [0, 0.1) is 14.4 Å². The fourth-order valence-corrected chi connectivity index (χ4v) is 1.80. The molecule has 0 bridgehead atoms. The van der Waals surface area contributed by atoms with Gasteiger partial charge in [0.2, 0.25) is 5.91 Å². The van der Waals surface area contributed by atoms with Crippen molar-refractivity contribution < 1.29 is 42.2 Å². The van der Waals surface area contributed by atoms with E-state index in [0.29, 0.717) is 12.3 Å². The van der Waals surface area contributed by atoms with E-state index >= 15 is 0 Å². The second-order valence-electron chi connectivity index (χ2n) is 3.43. The van der Waals surface area contributed by atoms with Gasteiger partial charge in [-0.1, -0.05) is 5.87 Å². The number of hydrogen-bond acceptors (Lipinski definition) is 3. The summed E-state index contributed by atoms with van der Waals surface area (Å²) < 4.78 is 5.44. The van der Waals surface area contributed by atoms with Gasteiger partial charge in [-0.3, -0.25) is 4.79 Å². The molecule has 110 valence electrons. The normalized spacial score (nSPS) is 18.2. The van der Waals surface area contributed by atoms with Crippen molar-refractivity contribution >= 4 is 30.7 Å². The molecule has 1 saturated heterocycles. The molecule has 19 heavy (non-hydrogen) atoms. The third-order valence-electron chi connectivity index (χ3n) is 1.91. The molecule has 0 aliphatic carbocycles. The van der Waals surface area contributed by atoms with Crippen molar-refractivity contribution in [1.29, 1.82) is 0 Å². The van der Waals surface area contributed by atoms with Crippen LogP contribution in [0.15, 0.2) is 0 Å². The molecule has 0 spiro atoms. The van der Waals surface area contributed by atoms with Crippen molar-refractivity contribution in [3.63, 3.8) is 0 Å². The van der Waals surface area contributed by atoms with E-state index in [9.17, 15) is 4.79 Å². The van der Waals surface area contributed by atoms with E-state index in [4.69, 9.17) is 4.74 Å². The van der Waals surface area contributed by atoms with E-state index in [0.717, 1.165) is 19.7 Å². The molecule has 1 aliphatic rings. The van der Waals surface area contributed by atoms with Gasteiger partial charge in [0, 0.05) is 60.8 Å². The van der Waals surface area contributed by atoms with Crippen molar-refractivity contribution in [2.75, 3.05) is 38.2 Å². The van der Waals surface area contributed by atoms with Crippen LogP contribution >= 0.6 is 10.5 Å². The molecule has 1 amide bonds. The molecule has 7 heteroatoms. The molecule has 4 nitrogen and oxygen atoms in total. The maximum Gasteiger partial charge on any atom is 0.229 e. The number of hydrogen-bond donors (Lipinski definition) is 2. The molecule has 2 unspecified atom stereocenters. The summed E-state index contributed by atoms with van der Waals surface area (Å²) in [7, 11) is -0.0706. The Morgan fingerprint density at radius 3 is 2.58 bits per heavy atom. The van der Waals surface area contributed by atoms with Crippen molar-refractivity contribution in [2.24, 2.45) is 0 Å². The van der Waals surface area contributed by atoms with E-state index in [1.54, 1.807) is 6.92 Å². The fourth-order valence-electron chi connectivity index (χ4n) is 1.25. The van der Waals surface area contributed by atoms with Crippen LogP contribution in [0.25, 0.3) is 0 Å². The Kier molecular flexibility index (Phi) is 27.7. The largest absolute Gasteiger partial charge is 0.374 e. The van der Waals surface area contributed by atoms with Crippen LogP contribution in [-0.4, -0.2) is 64.5 Å². The van der Waals surface area contributed by atoms with Gasteiger partial charge in [-0.2, -0.15) is 17.4 Å². The van der Waals surface area contributed by atoms with Gasteiger partial charge < -0.3 is 29.7 Å². The molecule has 1 aliphatic heterocycles. The van der Waals surface area contributed by atoms with Gasteiger partial charge in [0.05, 0.1) is 18.5 Å². The number of ether oxygens (including phenoxy) is 1. The quantitative estimate of drug-likeness (QED) is 0.431. The standard InChI is InChI=1S/C9H18N2O2S.C2H5.CH3.B.Y/c1-14(2)7-9(12)11-6-8-5-10-3-4-13-8;1-2;;;/h8,10H,1,3-7H2,2H3,(H,11,12);1H2,2H3;1H3;;/q;2*-1;;. The summed E-state index contributed by atoms with van der Waals surface area (Å²) in [5.74, 6) is 4.38. The molecule has 2 N–H and O–H groups in total. The van der Waals surface area contributed by atoms with Gasteiger partial charge in [0.25, 0.3) is 0 Å². The first-order valence-electron chi connectivity index (χ1n) is 5.40. The van der Waals surface area contributed by atoms with Gasteiger partial charge in [0.1, 0.15) is 0 Å². The Labute approximate surface area is 148 Å². The first-order chi connectivity index (χ1) is 7.68. The van der Waals surface area contributed by atoms with Crippen LogP contribution in [0.1, 0.15) is 6.92 Å². The van der Waals surface area contributed by atoms with Crippen LogP contribution in [0.5, 0.6) is 0 Å². The van der Waals surface area contributed by atoms with Crippen molar-refractivity contribution in [2.45, 2.75) is 13.0 Å². The first-order valence-corrected chi connectivity index (χ1v) is 7.37. The second kappa shape index (κ2) is 18.8. The van der Waals surface area contributed by atoms with Crippen molar-refractivity contribution in [3.8, 4) is 0 Å². The Balaban J connectivity index is -0.000000214. The zero-order valence-electron chi connectivity index (χ0n) is 12.4. The van der Waals surface area contributed by atoms with Crippen LogP contribution in [0.3, 0.4) is 0 Å². The van der Waals surface area contributed by atoms with Crippen LogP contribution in [0.2, 0.25) is 0 Å².